The molecule has 0 bridgehead atoms. The quantitative estimate of drug-likeness (QED) is 0.677. The third kappa shape index (κ3) is 3.47. The van der Waals surface area contributed by atoms with Gasteiger partial charge >= 0.3 is 0 Å². The molecule has 6 heteroatoms. The second-order valence-electron chi connectivity index (χ2n) is 4.69. The Labute approximate surface area is 122 Å². The van der Waals surface area contributed by atoms with Crippen molar-refractivity contribution in [3.8, 4) is 0 Å². The number of hydrogen-bond donors (Lipinski definition) is 1. The number of benzene rings is 2. The lowest BCUT2D eigenvalue weighted by Gasteiger charge is -2.19. The Kier molecular flexibility index (Phi) is 4.37. The van der Waals surface area contributed by atoms with Gasteiger partial charge in [-0.05, 0) is 29.8 Å². The molecule has 5 nitrogen and oxygen atoms in total. The smallest absolute Gasteiger partial charge is 0.292 e. The third-order valence-corrected chi connectivity index (χ3v) is 3.20. The second kappa shape index (κ2) is 6.21. The zero-order valence-corrected chi connectivity index (χ0v) is 11.8. The van der Waals surface area contributed by atoms with Crippen LogP contribution in [0.5, 0.6) is 0 Å². The molecule has 0 unspecified atom stereocenters. The number of nitrogens with zero attached hydrogens (tertiary/aromatic N) is 2. The number of nitro groups is 1. The zero-order chi connectivity index (χ0) is 15.4. The molecule has 0 aliphatic heterocycles. The predicted molar refractivity (Wildman–Crippen MR) is 81.2 cm³/mol. The highest BCUT2D eigenvalue weighted by atomic mass is 19.1. The molecule has 0 aliphatic carbocycles. The first kappa shape index (κ1) is 14.8. The number of nitro benzene ring substituents is 1. The molecule has 0 radical (unpaired) electrons. The van der Waals surface area contributed by atoms with Crippen molar-refractivity contribution in [1.82, 2.24) is 0 Å². The van der Waals surface area contributed by atoms with E-state index in [1.54, 1.807) is 25.2 Å². The van der Waals surface area contributed by atoms with Crippen LogP contribution in [0, 0.1) is 15.9 Å². The van der Waals surface area contributed by atoms with Crippen LogP contribution in [-0.2, 0) is 6.54 Å². The highest BCUT2D eigenvalue weighted by Gasteiger charge is 2.14. The summed E-state index contributed by atoms with van der Waals surface area (Å²) in [4.78, 5) is 12.5. The van der Waals surface area contributed by atoms with Crippen molar-refractivity contribution in [3.05, 3.63) is 64.0 Å². The molecule has 0 saturated heterocycles. The van der Waals surface area contributed by atoms with Crippen molar-refractivity contribution in [3.63, 3.8) is 0 Å². The van der Waals surface area contributed by atoms with Crippen LogP contribution in [-0.4, -0.2) is 19.0 Å². The Hall–Kier alpha value is -2.63. The van der Waals surface area contributed by atoms with E-state index in [2.05, 4.69) is 5.32 Å². The topological polar surface area (TPSA) is 58.4 Å². The number of anilines is 2. The van der Waals surface area contributed by atoms with Gasteiger partial charge in [0.25, 0.3) is 5.69 Å². The van der Waals surface area contributed by atoms with E-state index < -0.39 is 4.92 Å². The molecule has 0 atom stereocenters. The summed E-state index contributed by atoms with van der Waals surface area (Å²) in [6.07, 6.45) is 0. The molecule has 0 fully saturated rings. The molecule has 0 saturated carbocycles. The standard InChI is InChI=1S/C15H16FN3O2/c1-17-14-7-6-11(8-15(14)19(20)21)10-18(2)13-5-3-4-12(16)9-13/h3-9,17H,10H2,1-2H3. The first-order valence-corrected chi connectivity index (χ1v) is 6.43. The fourth-order valence-corrected chi connectivity index (χ4v) is 2.12. The Morgan fingerprint density at radius 1 is 1.29 bits per heavy atom. The maximum absolute atomic E-state index is 13.2. The lowest BCUT2D eigenvalue weighted by Crippen LogP contribution is -2.16. The predicted octanol–water partition coefficient (Wildman–Crippen LogP) is 3.41. The van der Waals surface area contributed by atoms with Crippen molar-refractivity contribution in [1.29, 1.82) is 0 Å². The van der Waals surface area contributed by atoms with Gasteiger partial charge < -0.3 is 10.2 Å². The van der Waals surface area contributed by atoms with Crippen LogP contribution in [0.15, 0.2) is 42.5 Å². The van der Waals surface area contributed by atoms with Gasteiger partial charge in [-0.25, -0.2) is 4.39 Å². The number of halogens is 1. The lowest BCUT2D eigenvalue weighted by molar-refractivity contribution is -0.384. The van der Waals surface area contributed by atoms with Crippen LogP contribution in [0.3, 0.4) is 0 Å². The average molecular weight is 289 g/mol. The summed E-state index contributed by atoms with van der Waals surface area (Å²) < 4.78 is 13.2. The van der Waals surface area contributed by atoms with E-state index >= 15 is 0 Å². The first-order chi connectivity index (χ1) is 10.0. The van der Waals surface area contributed by atoms with E-state index in [1.807, 2.05) is 18.0 Å². The van der Waals surface area contributed by atoms with Crippen LogP contribution in [0.2, 0.25) is 0 Å². The second-order valence-corrected chi connectivity index (χ2v) is 4.69. The SMILES string of the molecule is CNc1ccc(CN(C)c2cccc(F)c2)cc1[N+](=O)[O-]. The van der Waals surface area contributed by atoms with Gasteiger partial charge in [-0.15, -0.1) is 0 Å². The molecule has 0 amide bonds. The van der Waals surface area contributed by atoms with Crippen LogP contribution in [0.4, 0.5) is 21.5 Å². The summed E-state index contributed by atoms with van der Waals surface area (Å²) in [5.74, 6) is -0.309. The lowest BCUT2D eigenvalue weighted by atomic mass is 10.1. The van der Waals surface area contributed by atoms with Gasteiger partial charge in [0.1, 0.15) is 11.5 Å². The first-order valence-electron chi connectivity index (χ1n) is 6.43. The Bertz CT molecular complexity index is 661. The Morgan fingerprint density at radius 3 is 2.67 bits per heavy atom. The molecular weight excluding hydrogens is 273 g/mol. The van der Waals surface area contributed by atoms with Crippen molar-refractivity contribution in [2.24, 2.45) is 0 Å². The molecule has 0 spiro atoms. The number of nitrogens with one attached hydrogen (secondary N) is 1. The van der Waals surface area contributed by atoms with Crippen molar-refractivity contribution in [2.75, 3.05) is 24.3 Å². The monoisotopic (exact) mass is 289 g/mol. The maximum atomic E-state index is 13.2. The summed E-state index contributed by atoms with van der Waals surface area (Å²) in [5.41, 5.74) is 2.00. The summed E-state index contributed by atoms with van der Waals surface area (Å²) >= 11 is 0. The zero-order valence-electron chi connectivity index (χ0n) is 11.8. The summed E-state index contributed by atoms with van der Waals surface area (Å²) in [5, 5.41) is 13.8. The highest BCUT2D eigenvalue weighted by molar-refractivity contribution is 5.62. The normalized spacial score (nSPS) is 10.2. The van der Waals surface area contributed by atoms with Crippen LogP contribution >= 0.6 is 0 Å². The summed E-state index contributed by atoms with van der Waals surface area (Å²) in [7, 11) is 3.45. The van der Waals surface area contributed by atoms with Crippen LogP contribution in [0.25, 0.3) is 0 Å². The molecule has 2 aromatic rings. The van der Waals surface area contributed by atoms with Gasteiger partial charge in [-0.1, -0.05) is 12.1 Å². The van der Waals surface area contributed by atoms with Crippen molar-refractivity contribution >= 4 is 17.1 Å². The van der Waals surface area contributed by atoms with Gasteiger partial charge in [-0.3, -0.25) is 10.1 Å². The average Bonchev–Trinajstić information content (AvgIpc) is 2.47. The molecule has 0 aromatic heterocycles. The summed E-state index contributed by atoms with van der Waals surface area (Å²) in [6.45, 7) is 0.453. The molecule has 2 rings (SSSR count). The minimum atomic E-state index is -0.419. The third-order valence-electron chi connectivity index (χ3n) is 3.20. The molecule has 0 aliphatic rings. The largest absolute Gasteiger partial charge is 0.383 e. The van der Waals surface area contributed by atoms with Gasteiger partial charge in [-0.2, -0.15) is 0 Å². The van der Waals surface area contributed by atoms with E-state index in [1.165, 1.54) is 18.2 Å². The molecular formula is C15H16FN3O2. The minimum absolute atomic E-state index is 0.0302. The molecule has 1 N–H and O–H groups in total. The van der Waals surface area contributed by atoms with E-state index in [4.69, 9.17) is 0 Å². The van der Waals surface area contributed by atoms with Crippen molar-refractivity contribution < 1.29 is 9.31 Å². The summed E-state index contributed by atoms with van der Waals surface area (Å²) in [6, 6.07) is 11.2. The van der Waals surface area contributed by atoms with E-state index in [9.17, 15) is 14.5 Å². The Morgan fingerprint density at radius 2 is 2.05 bits per heavy atom. The fraction of sp³-hybridized carbons (Fsp3) is 0.200. The molecule has 2 aromatic carbocycles. The maximum Gasteiger partial charge on any atom is 0.292 e. The molecule has 110 valence electrons. The van der Waals surface area contributed by atoms with Crippen LogP contribution < -0.4 is 10.2 Å². The molecule has 21 heavy (non-hydrogen) atoms. The van der Waals surface area contributed by atoms with Crippen molar-refractivity contribution in [2.45, 2.75) is 6.54 Å². The highest BCUT2D eigenvalue weighted by Crippen LogP contribution is 2.26. The van der Waals surface area contributed by atoms with E-state index in [-0.39, 0.29) is 11.5 Å². The molecule has 0 heterocycles. The fourth-order valence-electron chi connectivity index (χ4n) is 2.12. The van der Waals surface area contributed by atoms with Gasteiger partial charge in [0.15, 0.2) is 0 Å². The Balaban J connectivity index is 2.23. The number of rotatable bonds is 5. The van der Waals surface area contributed by atoms with Crippen LogP contribution in [0.1, 0.15) is 5.56 Å². The van der Waals surface area contributed by atoms with E-state index in [0.717, 1.165) is 11.3 Å². The van der Waals surface area contributed by atoms with Gasteiger partial charge in [0.05, 0.1) is 4.92 Å². The minimum Gasteiger partial charge on any atom is -0.383 e. The number of hydrogen-bond acceptors (Lipinski definition) is 4. The van der Waals surface area contributed by atoms with Gasteiger partial charge in [0.2, 0.25) is 0 Å². The van der Waals surface area contributed by atoms with Gasteiger partial charge in [0, 0.05) is 32.4 Å². The van der Waals surface area contributed by atoms with E-state index in [0.29, 0.717) is 12.2 Å².